The molecule has 0 spiro atoms. The molecule has 6 heteroatoms. The molecule has 3 rings (SSSR count). The molecule has 2 aromatic carbocycles. The fourth-order valence-electron chi connectivity index (χ4n) is 3.88. The molecule has 1 atom stereocenters. The number of piperidine rings is 1. The molecule has 1 heterocycles. The quantitative estimate of drug-likeness (QED) is 0.461. The summed E-state index contributed by atoms with van der Waals surface area (Å²) in [6.45, 7) is 10.7. The standard InChI is InChI=1S/C25H33N3O2S/c1-5-30-24(29)22-7-6-8-23(18(22)3)27-25(31)26-19(4)20-9-11-21(12-10-20)28-15-13-17(2)14-16-28/h6-12,17,19H,5,13-16H2,1-4H3,(H2,26,27,31). The summed E-state index contributed by atoms with van der Waals surface area (Å²) in [4.78, 5) is 14.6. The van der Waals surface area contributed by atoms with Crippen molar-refractivity contribution in [2.45, 2.75) is 46.6 Å². The first kappa shape index (κ1) is 23.1. The third kappa shape index (κ3) is 5.97. The minimum atomic E-state index is -0.320. The number of esters is 1. The maximum Gasteiger partial charge on any atom is 0.338 e. The fourth-order valence-corrected chi connectivity index (χ4v) is 4.17. The molecule has 166 valence electrons. The number of carbonyl (C=O) groups excluding carboxylic acids is 1. The van der Waals surface area contributed by atoms with Gasteiger partial charge in [-0.05, 0) is 87.1 Å². The zero-order chi connectivity index (χ0) is 22.4. The van der Waals surface area contributed by atoms with Gasteiger partial charge in [0.15, 0.2) is 5.11 Å². The van der Waals surface area contributed by atoms with Gasteiger partial charge in [-0.15, -0.1) is 0 Å². The lowest BCUT2D eigenvalue weighted by atomic mass is 9.98. The Hall–Kier alpha value is -2.60. The summed E-state index contributed by atoms with van der Waals surface area (Å²) in [6, 6.07) is 14.3. The number of ether oxygens (including phenoxy) is 1. The monoisotopic (exact) mass is 439 g/mol. The molecule has 1 unspecified atom stereocenters. The van der Waals surface area contributed by atoms with Gasteiger partial charge in [0, 0.05) is 24.5 Å². The molecular formula is C25H33N3O2S. The summed E-state index contributed by atoms with van der Waals surface area (Å²) in [7, 11) is 0. The number of anilines is 2. The molecular weight excluding hydrogens is 406 g/mol. The van der Waals surface area contributed by atoms with Crippen LogP contribution < -0.4 is 15.5 Å². The summed E-state index contributed by atoms with van der Waals surface area (Å²) in [5.74, 6) is 0.508. The first-order valence-electron chi connectivity index (χ1n) is 11.1. The van der Waals surface area contributed by atoms with Crippen LogP contribution in [0.25, 0.3) is 0 Å². The zero-order valence-electron chi connectivity index (χ0n) is 18.9. The Morgan fingerprint density at radius 2 is 1.87 bits per heavy atom. The minimum absolute atomic E-state index is 0.0592. The highest BCUT2D eigenvalue weighted by Crippen LogP contribution is 2.25. The van der Waals surface area contributed by atoms with Gasteiger partial charge in [0.25, 0.3) is 0 Å². The SMILES string of the molecule is CCOC(=O)c1cccc(NC(=S)NC(C)c2ccc(N3CCC(C)CC3)cc2)c1C. The number of benzene rings is 2. The molecule has 5 nitrogen and oxygen atoms in total. The zero-order valence-corrected chi connectivity index (χ0v) is 19.7. The number of hydrogen-bond acceptors (Lipinski definition) is 4. The number of carbonyl (C=O) groups is 1. The van der Waals surface area contributed by atoms with E-state index in [1.54, 1.807) is 13.0 Å². The van der Waals surface area contributed by atoms with Gasteiger partial charge < -0.3 is 20.3 Å². The van der Waals surface area contributed by atoms with E-state index in [1.165, 1.54) is 24.1 Å². The van der Waals surface area contributed by atoms with Crippen molar-refractivity contribution in [3.05, 3.63) is 59.2 Å². The van der Waals surface area contributed by atoms with Crippen molar-refractivity contribution in [2.24, 2.45) is 5.92 Å². The van der Waals surface area contributed by atoms with E-state index in [9.17, 15) is 4.79 Å². The van der Waals surface area contributed by atoms with Gasteiger partial charge in [-0.1, -0.05) is 25.1 Å². The average molecular weight is 440 g/mol. The molecule has 1 aliphatic rings. The van der Waals surface area contributed by atoms with Crippen molar-refractivity contribution in [1.29, 1.82) is 0 Å². The van der Waals surface area contributed by atoms with Crippen LogP contribution in [0.5, 0.6) is 0 Å². The van der Waals surface area contributed by atoms with Crippen LogP contribution in [0.1, 0.15) is 61.1 Å². The minimum Gasteiger partial charge on any atom is -0.462 e. The van der Waals surface area contributed by atoms with Crippen molar-refractivity contribution in [2.75, 3.05) is 29.9 Å². The van der Waals surface area contributed by atoms with Crippen LogP contribution in [-0.2, 0) is 4.74 Å². The Labute approximate surface area is 191 Å². The van der Waals surface area contributed by atoms with E-state index >= 15 is 0 Å². The van der Waals surface area contributed by atoms with E-state index in [0.29, 0.717) is 17.3 Å². The number of rotatable bonds is 6. The Bertz CT molecular complexity index is 905. The molecule has 0 amide bonds. The highest BCUT2D eigenvalue weighted by molar-refractivity contribution is 7.80. The van der Waals surface area contributed by atoms with Gasteiger partial charge in [-0.2, -0.15) is 0 Å². The Kier molecular flexibility index (Phi) is 7.91. The summed E-state index contributed by atoms with van der Waals surface area (Å²) in [5.41, 5.74) is 4.62. The summed E-state index contributed by atoms with van der Waals surface area (Å²) >= 11 is 5.52. The molecule has 0 saturated carbocycles. The second-order valence-corrected chi connectivity index (χ2v) is 8.69. The predicted octanol–water partition coefficient (Wildman–Crippen LogP) is 5.46. The van der Waals surface area contributed by atoms with Crippen LogP contribution in [0.3, 0.4) is 0 Å². The lowest BCUT2D eigenvalue weighted by Gasteiger charge is -2.32. The van der Waals surface area contributed by atoms with Gasteiger partial charge in [-0.3, -0.25) is 0 Å². The van der Waals surface area contributed by atoms with Crippen molar-refractivity contribution in [1.82, 2.24) is 5.32 Å². The first-order chi connectivity index (χ1) is 14.9. The van der Waals surface area contributed by atoms with Crippen molar-refractivity contribution < 1.29 is 9.53 Å². The van der Waals surface area contributed by atoms with Gasteiger partial charge >= 0.3 is 5.97 Å². The molecule has 0 bridgehead atoms. The van der Waals surface area contributed by atoms with Gasteiger partial charge in [0.2, 0.25) is 0 Å². The molecule has 1 saturated heterocycles. The first-order valence-corrected chi connectivity index (χ1v) is 11.5. The lowest BCUT2D eigenvalue weighted by Crippen LogP contribution is -2.33. The van der Waals surface area contributed by atoms with E-state index in [0.717, 1.165) is 30.3 Å². The third-order valence-electron chi connectivity index (χ3n) is 5.97. The molecule has 2 N–H and O–H groups in total. The molecule has 2 aromatic rings. The van der Waals surface area contributed by atoms with Crippen molar-refractivity contribution in [3.8, 4) is 0 Å². The van der Waals surface area contributed by atoms with Crippen molar-refractivity contribution >= 4 is 34.7 Å². The number of hydrogen-bond donors (Lipinski definition) is 2. The second kappa shape index (κ2) is 10.6. The molecule has 31 heavy (non-hydrogen) atoms. The highest BCUT2D eigenvalue weighted by atomic mass is 32.1. The van der Waals surface area contributed by atoms with Crippen LogP contribution in [0.15, 0.2) is 42.5 Å². The van der Waals surface area contributed by atoms with E-state index in [4.69, 9.17) is 17.0 Å². The Morgan fingerprint density at radius 3 is 2.52 bits per heavy atom. The van der Waals surface area contributed by atoms with Crippen LogP contribution in [0, 0.1) is 12.8 Å². The van der Waals surface area contributed by atoms with Crippen molar-refractivity contribution in [3.63, 3.8) is 0 Å². The average Bonchev–Trinajstić information content (AvgIpc) is 2.76. The maximum absolute atomic E-state index is 12.1. The largest absolute Gasteiger partial charge is 0.462 e. The molecule has 1 aliphatic heterocycles. The van der Waals surface area contributed by atoms with Crippen LogP contribution >= 0.6 is 12.2 Å². The predicted molar refractivity (Wildman–Crippen MR) is 132 cm³/mol. The summed E-state index contributed by atoms with van der Waals surface area (Å²) in [6.07, 6.45) is 2.52. The van der Waals surface area contributed by atoms with Gasteiger partial charge in [0.1, 0.15) is 0 Å². The summed E-state index contributed by atoms with van der Waals surface area (Å²) < 4.78 is 5.13. The normalized spacial score (nSPS) is 15.3. The molecule has 0 aromatic heterocycles. The Morgan fingerprint density at radius 1 is 1.19 bits per heavy atom. The smallest absolute Gasteiger partial charge is 0.338 e. The van der Waals surface area contributed by atoms with Crippen LogP contribution in [-0.4, -0.2) is 30.8 Å². The van der Waals surface area contributed by atoms with Gasteiger partial charge in [-0.25, -0.2) is 4.79 Å². The third-order valence-corrected chi connectivity index (χ3v) is 6.19. The highest BCUT2D eigenvalue weighted by Gasteiger charge is 2.17. The molecule has 1 fully saturated rings. The van der Waals surface area contributed by atoms with E-state index < -0.39 is 0 Å². The van der Waals surface area contributed by atoms with E-state index in [1.807, 2.05) is 19.1 Å². The van der Waals surface area contributed by atoms with Gasteiger partial charge in [0.05, 0.1) is 18.2 Å². The molecule has 0 aliphatic carbocycles. The number of nitrogens with zero attached hydrogens (tertiary/aromatic N) is 1. The fraction of sp³-hybridized carbons (Fsp3) is 0.440. The van der Waals surface area contributed by atoms with Crippen LogP contribution in [0.4, 0.5) is 11.4 Å². The van der Waals surface area contributed by atoms with E-state index in [-0.39, 0.29) is 12.0 Å². The number of thiocarbonyl (C=S) groups is 1. The Balaban J connectivity index is 1.59. The van der Waals surface area contributed by atoms with E-state index in [2.05, 4.69) is 53.6 Å². The maximum atomic E-state index is 12.1. The lowest BCUT2D eigenvalue weighted by molar-refractivity contribution is 0.0525. The number of nitrogens with one attached hydrogen (secondary N) is 2. The summed E-state index contributed by atoms with van der Waals surface area (Å²) in [5, 5.41) is 7.08. The molecule has 0 radical (unpaired) electrons. The van der Waals surface area contributed by atoms with Crippen LogP contribution in [0.2, 0.25) is 0 Å². The topological polar surface area (TPSA) is 53.6 Å². The second-order valence-electron chi connectivity index (χ2n) is 8.28.